The topological polar surface area (TPSA) is 225 Å². The third-order valence-corrected chi connectivity index (χ3v) is 12.5. The monoisotopic (exact) mass is 794 g/mol. The molecular formula is C40H76BN7O8. The van der Waals surface area contributed by atoms with E-state index in [1.54, 1.807) is 0 Å². The first-order valence-corrected chi connectivity index (χ1v) is 21.6. The molecule has 4 aliphatic rings. The van der Waals surface area contributed by atoms with E-state index in [1.165, 1.54) is 58.8 Å². The molecule has 1 aliphatic heterocycles. The van der Waals surface area contributed by atoms with Gasteiger partial charge in [-0.15, -0.1) is 0 Å². The molecule has 0 aromatic rings. The number of nitrogens with two attached hydrogens (primary N) is 1. The van der Waals surface area contributed by atoms with Crippen LogP contribution in [0.15, 0.2) is 0 Å². The molecule has 0 radical (unpaired) electrons. The van der Waals surface area contributed by atoms with Crippen LogP contribution in [0.3, 0.4) is 0 Å². The molecule has 3 saturated carbocycles. The fourth-order valence-corrected chi connectivity index (χ4v) is 8.68. The van der Waals surface area contributed by atoms with Gasteiger partial charge in [-0.3, -0.25) is 19.2 Å². The van der Waals surface area contributed by atoms with Crippen LogP contribution < -0.4 is 37.6 Å². The van der Waals surface area contributed by atoms with E-state index in [1.807, 2.05) is 6.92 Å². The molecule has 1 heterocycles. The fraction of sp³-hybridized carbons (Fsp3) is 0.900. The van der Waals surface area contributed by atoms with Crippen molar-refractivity contribution in [1.29, 1.82) is 0 Å². The van der Waals surface area contributed by atoms with E-state index >= 15 is 0 Å². The molecule has 4 fully saturated rings. The van der Waals surface area contributed by atoms with Gasteiger partial charge >= 0.3 is 7.12 Å². The summed E-state index contributed by atoms with van der Waals surface area (Å²) in [6.07, 6.45) is 12.2. The number of amides is 4. The molecule has 2 bridgehead atoms. The van der Waals surface area contributed by atoms with Crippen LogP contribution in [-0.2, 0) is 28.5 Å². The van der Waals surface area contributed by atoms with Crippen LogP contribution in [0.2, 0.25) is 0 Å². The van der Waals surface area contributed by atoms with Crippen LogP contribution in [-0.4, -0.2) is 122 Å². The van der Waals surface area contributed by atoms with Crippen molar-refractivity contribution in [2.24, 2.45) is 23.0 Å². The van der Waals surface area contributed by atoms with Gasteiger partial charge in [-0.1, -0.05) is 65.7 Å². The van der Waals surface area contributed by atoms with Crippen molar-refractivity contribution in [2.45, 2.75) is 180 Å². The summed E-state index contributed by atoms with van der Waals surface area (Å²) in [4.78, 5) is 53.2. The first-order valence-electron chi connectivity index (χ1n) is 21.6. The predicted octanol–water partition coefficient (Wildman–Crippen LogP) is 1.42. The second-order valence-corrected chi connectivity index (χ2v) is 17.4. The second-order valence-electron chi connectivity index (χ2n) is 17.4. The van der Waals surface area contributed by atoms with Crippen molar-refractivity contribution in [1.82, 2.24) is 31.9 Å². The summed E-state index contributed by atoms with van der Waals surface area (Å²) >= 11 is 0. The van der Waals surface area contributed by atoms with E-state index in [-0.39, 0.29) is 11.5 Å². The third kappa shape index (κ3) is 13.4. The maximum atomic E-state index is 13.6. The van der Waals surface area contributed by atoms with Crippen molar-refractivity contribution in [3.05, 3.63) is 0 Å². The summed E-state index contributed by atoms with van der Waals surface area (Å²) in [6, 6.07) is -4.43. The molecule has 56 heavy (non-hydrogen) atoms. The molecule has 0 unspecified atom stereocenters. The van der Waals surface area contributed by atoms with Gasteiger partial charge in [0.2, 0.25) is 23.6 Å². The Labute approximate surface area is 336 Å². The Morgan fingerprint density at radius 2 is 1.45 bits per heavy atom. The lowest BCUT2D eigenvalue weighted by Crippen LogP contribution is -2.65. The maximum Gasteiger partial charge on any atom is 0.481 e. The minimum atomic E-state index is -1.40. The van der Waals surface area contributed by atoms with Crippen molar-refractivity contribution >= 4 is 30.7 Å². The Hall–Kier alpha value is -2.34. The fourth-order valence-electron chi connectivity index (χ4n) is 8.68. The highest BCUT2D eigenvalue weighted by molar-refractivity contribution is 6.47. The van der Waals surface area contributed by atoms with Crippen molar-refractivity contribution in [3.63, 3.8) is 0 Å². The summed E-state index contributed by atoms with van der Waals surface area (Å²) in [7, 11) is -0.628. The molecule has 15 nitrogen and oxygen atoms in total. The van der Waals surface area contributed by atoms with Gasteiger partial charge in [-0.2, -0.15) is 0 Å². The first-order chi connectivity index (χ1) is 26.6. The Kier molecular flexibility index (Phi) is 20.0. The number of rotatable bonds is 28. The number of aliphatic hydroxyl groups excluding tert-OH is 2. The Bertz CT molecular complexity index is 1250. The van der Waals surface area contributed by atoms with Gasteiger partial charge in [0.1, 0.15) is 24.2 Å². The molecule has 3 aliphatic carbocycles. The SMILES string of the molecule is CCCCCCCCCCNCCN[C@@H](CO)C(=O)N[C@H](C(=O)N[C@@H](C)C(=O)N[C@@H](CCCCN)C(=O)N[C@@H](C)B1O[C@@H]2C[C@@H]3C[C@@H](C3(C)C)[C@]2(C)O1)[C@@H](C)O. The summed E-state index contributed by atoms with van der Waals surface area (Å²) in [6.45, 7) is 15.3. The number of carbonyl (C=O) groups excluding carboxylic acids is 4. The highest BCUT2D eigenvalue weighted by atomic mass is 16.7. The summed E-state index contributed by atoms with van der Waals surface area (Å²) in [5.41, 5.74) is 5.47. The number of hydrogen-bond acceptors (Lipinski definition) is 11. The smallest absolute Gasteiger partial charge is 0.404 e. The molecule has 0 aromatic heterocycles. The molecule has 16 heteroatoms. The van der Waals surface area contributed by atoms with E-state index in [4.69, 9.17) is 15.0 Å². The van der Waals surface area contributed by atoms with Crippen molar-refractivity contribution in [3.8, 4) is 0 Å². The quantitative estimate of drug-likeness (QED) is 0.0407. The van der Waals surface area contributed by atoms with Gasteiger partial charge in [0.15, 0.2) is 0 Å². The molecule has 4 amide bonds. The zero-order valence-corrected chi connectivity index (χ0v) is 35.4. The highest BCUT2D eigenvalue weighted by Gasteiger charge is 2.68. The molecule has 0 spiro atoms. The standard InChI is InChI=1S/C40H76BN7O8/c1-8-9-10-11-12-13-14-17-20-43-21-22-44-31(25-49)37(53)48-34(27(3)50)38(54)45-26(2)35(51)47-30(18-15-16-19-42)36(52)46-28(4)41-55-33-24-29-23-32(39(29,5)6)40(33,7)56-41/h26-34,43-44,49-50H,8-25,42H2,1-7H3,(H,45,54)(H,46,52)(H,47,51)(H,48,53)/t26-,27+,28-,29-,30-,31-,32-,33+,34-,40-/m0/s1. The van der Waals surface area contributed by atoms with Crippen LogP contribution in [0.1, 0.15) is 132 Å². The Balaban J connectivity index is 1.45. The van der Waals surface area contributed by atoms with E-state index in [0.717, 1.165) is 25.8 Å². The minimum Gasteiger partial charge on any atom is -0.404 e. The van der Waals surface area contributed by atoms with Gasteiger partial charge in [0, 0.05) is 13.1 Å². The lowest BCUT2D eigenvalue weighted by atomic mass is 9.43. The van der Waals surface area contributed by atoms with Crippen LogP contribution in [0, 0.1) is 17.3 Å². The summed E-state index contributed by atoms with van der Waals surface area (Å²) < 4.78 is 12.9. The largest absolute Gasteiger partial charge is 0.481 e. The first kappa shape index (κ1) is 48.0. The van der Waals surface area contributed by atoms with Crippen LogP contribution in [0.5, 0.6) is 0 Å². The summed E-state index contributed by atoms with van der Waals surface area (Å²) in [5.74, 6) is -1.98. The number of hydrogen-bond donors (Lipinski definition) is 9. The van der Waals surface area contributed by atoms with Crippen LogP contribution >= 0.6 is 0 Å². The van der Waals surface area contributed by atoms with Crippen molar-refractivity contribution in [2.75, 3.05) is 32.8 Å². The Morgan fingerprint density at radius 1 is 0.786 bits per heavy atom. The van der Waals surface area contributed by atoms with Gasteiger partial charge in [0.25, 0.3) is 0 Å². The van der Waals surface area contributed by atoms with E-state index in [9.17, 15) is 29.4 Å². The minimum absolute atomic E-state index is 0.0364. The molecule has 322 valence electrons. The lowest BCUT2D eigenvalue weighted by Gasteiger charge is -2.64. The predicted molar refractivity (Wildman–Crippen MR) is 218 cm³/mol. The molecule has 0 aromatic carbocycles. The number of carbonyl (C=O) groups is 4. The van der Waals surface area contributed by atoms with Crippen molar-refractivity contribution < 1.29 is 38.7 Å². The van der Waals surface area contributed by atoms with Crippen LogP contribution in [0.25, 0.3) is 0 Å². The van der Waals surface area contributed by atoms with E-state index in [0.29, 0.717) is 50.7 Å². The van der Waals surface area contributed by atoms with E-state index < -0.39 is 79.2 Å². The molecule has 1 saturated heterocycles. The highest BCUT2D eigenvalue weighted by Crippen LogP contribution is 2.65. The number of nitrogens with one attached hydrogen (secondary N) is 6. The average molecular weight is 794 g/mol. The van der Waals surface area contributed by atoms with Crippen LogP contribution in [0.4, 0.5) is 0 Å². The zero-order valence-electron chi connectivity index (χ0n) is 35.4. The second kappa shape index (κ2) is 23.3. The third-order valence-electron chi connectivity index (χ3n) is 12.5. The zero-order chi connectivity index (χ0) is 41.5. The Morgan fingerprint density at radius 3 is 2.07 bits per heavy atom. The number of unbranched alkanes of at least 4 members (excludes halogenated alkanes) is 8. The van der Waals surface area contributed by atoms with E-state index in [2.05, 4.69) is 59.6 Å². The molecule has 10 N–H and O–H groups in total. The molecular weight excluding hydrogens is 717 g/mol. The lowest BCUT2D eigenvalue weighted by molar-refractivity contribution is -0.199. The summed E-state index contributed by atoms with van der Waals surface area (Å²) in [5, 5.41) is 37.4. The molecule has 4 rings (SSSR count). The van der Waals surface area contributed by atoms with Gasteiger partial charge in [-0.05, 0) is 96.6 Å². The average Bonchev–Trinajstić information content (AvgIpc) is 3.52. The van der Waals surface area contributed by atoms with Gasteiger partial charge in [0.05, 0.1) is 30.4 Å². The van der Waals surface area contributed by atoms with Gasteiger partial charge < -0.3 is 57.2 Å². The number of aliphatic hydroxyl groups is 2. The maximum absolute atomic E-state index is 13.6. The van der Waals surface area contributed by atoms with Gasteiger partial charge in [-0.25, -0.2) is 0 Å². The normalized spacial score (nSPS) is 25.5. The molecule has 10 atom stereocenters.